The molecule has 0 saturated carbocycles. The number of carbonyl (C=O) groups is 4. The zero-order chi connectivity index (χ0) is 28.3. The molecule has 0 radical (unpaired) electrons. The zero-order valence-corrected chi connectivity index (χ0v) is 22.7. The molecular formula is C24H43N7O6. The molecule has 0 aliphatic heterocycles. The van der Waals surface area contributed by atoms with E-state index in [0.717, 1.165) is 37.1 Å². The van der Waals surface area contributed by atoms with Gasteiger partial charge in [0.15, 0.2) is 0 Å². The molecular weight excluding hydrogens is 482 g/mol. The van der Waals surface area contributed by atoms with E-state index in [1.165, 1.54) is 13.5 Å². The summed E-state index contributed by atoms with van der Waals surface area (Å²) in [4.78, 5) is 51.3. The fourth-order valence-corrected chi connectivity index (χ4v) is 3.23. The van der Waals surface area contributed by atoms with Crippen LogP contribution in [0.5, 0.6) is 0 Å². The molecule has 0 aromatic heterocycles. The van der Waals surface area contributed by atoms with Crippen molar-refractivity contribution in [3.05, 3.63) is 22.6 Å². The van der Waals surface area contributed by atoms with Crippen molar-refractivity contribution in [2.45, 2.75) is 96.7 Å². The van der Waals surface area contributed by atoms with Gasteiger partial charge in [0.2, 0.25) is 11.8 Å². The van der Waals surface area contributed by atoms with Gasteiger partial charge < -0.3 is 20.5 Å². The molecule has 2 atom stereocenters. The summed E-state index contributed by atoms with van der Waals surface area (Å²) in [6.07, 6.45) is 8.83. The minimum absolute atomic E-state index is 0.0253. The summed E-state index contributed by atoms with van der Waals surface area (Å²) in [5.41, 5.74) is 10.2. The Hall–Kier alpha value is -3.31. The van der Waals surface area contributed by atoms with E-state index in [2.05, 4.69) is 33.0 Å². The molecule has 0 aromatic carbocycles. The summed E-state index contributed by atoms with van der Waals surface area (Å²) in [5, 5.41) is 18.7. The summed E-state index contributed by atoms with van der Waals surface area (Å²) in [5.74, 6) is -2.22. The first kappa shape index (κ1) is 33.7. The van der Waals surface area contributed by atoms with Gasteiger partial charge in [0.25, 0.3) is 0 Å². The van der Waals surface area contributed by atoms with Gasteiger partial charge in [-0.15, -0.1) is 0 Å². The highest BCUT2D eigenvalue weighted by atomic mass is 16.6. The van der Waals surface area contributed by atoms with E-state index in [4.69, 9.17) is 15.4 Å². The highest BCUT2D eigenvalue weighted by molar-refractivity contribution is 5.88. The standard InChI is InChI=1S/C24H43N7O6/c1-6-7-8-9-10-11-12-13-19(28-23(36)37-24(2,3)4)22(35)27-18(14-15-26-30-25)16-20(32)29-31(5)17-21(33)34/h12-13,18-19H,6-11,14-17H2,1-5H3,(H,27,35)(H,28,36)(H,29,32)(H,33,34)/b13-12-. The summed E-state index contributed by atoms with van der Waals surface area (Å²) >= 11 is 0. The molecule has 0 spiro atoms. The maximum atomic E-state index is 13.1. The number of carboxylic acid groups (broad SMARTS) is 1. The SMILES string of the molecule is CCCCCCC/C=C\C(NC(=O)OC(C)(C)C)C(=O)NC(CCN=[N+]=[N-])CC(=O)NN(C)CC(=O)O. The maximum absolute atomic E-state index is 13.1. The van der Waals surface area contributed by atoms with Gasteiger partial charge in [-0.2, -0.15) is 0 Å². The second-order valence-electron chi connectivity index (χ2n) is 9.69. The van der Waals surface area contributed by atoms with E-state index in [1.54, 1.807) is 26.8 Å². The number of nitrogens with one attached hydrogen (secondary N) is 3. The Bertz CT molecular complexity index is 806. The first-order valence-corrected chi connectivity index (χ1v) is 12.6. The van der Waals surface area contributed by atoms with E-state index in [-0.39, 0.29) is 19.4 Å². The summed E-state index contributed by atoms with van der Waals surface area (Å²) < 4.78 is 5.28. The van der Waals surface area contributed by atoms with Gasteiger partial charge in [0.1, 0.15) is 18.2 Å². The Kier molecular flexibility index (Phi) is 17.2. The van der Waals surface area contributed by atoms with Gasteiger partial charge in [0.05, 0.1) is 0 Å². The quantitative estimate of drug-likeness (QED) is 0.0527. The first-order chi connectivity index (χ1) is 17.4. The molecule has 210 valence electrons. The average Bonchev–Trinajstić information content (AvgIpc) is 2.75. The average molecular weight is 526 g/mol. The highest BCUT2D eigenvalue weighted by Crippen LogP contribution is 2.09. The van der Waals surface area contributed by atoms with Crippen LogP contribution in [0.2, 0.25) is 0 Å². The Morgan fingerprint density at radius 3 is 2.41 bits per heavy atom. The van der Waals surface area contributed by atoms with E-state index in [1.807, 2.05) is 6.08 Å². The van der Waals surface area contributed by atoms with Crippen molar-refractivity contribution in [3.8, 4) is 0 Å². The number of ether oxygens (including phenoxy) is 1. The van der Waals surface area contributed by atoms with Crippen LogP contribution in [0.25, 0.3) is 10.4 Å². The van der Waals surface area contributed by atoms with Crippen LogP contribution in [-0.4, -0.2) is 71.8 Å². The number of amides is 3. The van der Waals surface area contributed by atoms with Crippen molar-refractivity contribution in [2.75, 3.05) is 20.1 Å². The lowest BCUT2D eigenvalue weighted by molar-refractivity contribution is -0.139. The molecule has 3 amide bonds. The number of hydrogen-bond donors (Lipinski definition) is 4. The molecule has 13 nitrogen and oxygen atoms in total. The fraction of sp³-hybridized carbons (Fsp3) is 0.750. The van der Waals surface area contributed by atoms with Crippen LogP contribution in [-0.2, 0) is 19.1 Å². The number of unbranched alkanes of at least 4 members (excludes halogenated alkanes) is 5. The van der Waals surface area contributed by atoms with Crippen molar-refractivity contribution in [3.63, 3.8) is 0 Å². The molecule has 2 unspecified atom stereocenters. The number of hydrazine groups is 1. The molecule has 4 N–H and O–H groups in total. The molecule has 0 saturated heterocycles. The lowest BCUT2D eigenvalue weighted by Crippen LogP contribution is -2.51. The van der Waals surface area contributed by atoms with Crippen LogP contribution < -0.4 is 16.1 Å². The number of aliphatic carboxylic acids is 1. The molecule has 0 aliphatic carbocycles. The van der Waals surface area contributed by atoms with Crippen LogP contribution in [0, 0.1) is 0 Å². The summed E-state index contributed by atoms with van der Waals surface area (Å²) in [6.45, 7) is 6.88. The molecule has 0 heterocycles. The van der Waals surface area contributed by atoms with Crippen molar-refractivity contribution in [1.29, 1.82) is 0 Å². The second kappa shape index (κ2) is 18.9. The zero-order valence-electron chi connectivity index (χ0n) is 22.7. The third kappa shape index (κ3) is 19.5. The third-order valence-electron chi connectivity index (χ3n) is 4.86. The number of carbonyl (C=O) groups excluding carboxylic acids is 3. The maximum Gasteiger partial charge on any atom is 0.408 e. The van der Waals surface area contributed by atoms with Gasteiger partial charge in [-0.25, -0.2) is 9.80 Å². The number of allylic oxidation sites excluding steroid dienone is 1. The van der Waals surface area contributed by atoms with Crippen LogP contribution in [0.1, 0.15) is 79.1 Å². The van der Waals surface area contributed by atoms with E-state index >= 15 is 0 Å². The second-order valence-corrected chi connectivity index (χ2v) is 9.69. The molecule has 0 fully saturated rings. The Morgan fingerprint density at radius 1 is 1.14 bits per heavy atom. The topological polar surface area (TPSA) is 186 Å². The predicted octanol–water partition coefficient (Wildman–Crippen LogP) is 3.42. The van der Waals surface area contributed by atoms with Gasteiger partial charge in [0, 0.05) is 31.0 Å². The number of carboxylic acids is 1. The molecule has 0 aromatic rings. The minimum Gasteiger partial charge on any atom is -0.480 e. The van der Waals surface area contributed by atoms with E-state index < -0.39 is 48.1 Å². The van der Waals surface area contributed by atoms with Gasteiger partial charge >= 0.3 is 12.1 Å². The number of nitrogens with zero attached hydrogens (tertiary/aromatic N) is 4. The lowest BCUT2D eigenvalue weighted by atomic mass is 10.1. The first-order valence-electron chi connectivity index (χ1n) is 12.6. The molecule has 37 heavy (non-hydrogen) atoms. The number of hydrogen-bond acceptors (Lipinski definition) is 7. The largest absolute Gasteiger partial charge is 0.480 e. The molecule has 13 heteroatoms. The number of azide groups is 1. The third-order valence-corrected chi connectivity index (χ3v) is 4.86. The van der Waals surface area contributed by atoms with E-state index in [9.17, 15) is 19.2 Å². The predicted molar refractivity (Wildman–Crippen MR) is 139 cm³/mol. The number of likely N-dealkylation sites (N-methyl/N-ethyl adjacent to an activating group) is 1. The lowest BCUT2D eigenvalue weighted by Gasteiger charge is -2.24. The number of rotatable bonds is 18. The number of alkyl carbamates (subject to hydrolysis) is 1. The van der Waals surface area contributed by atoms with Gasteiger partial charge in [-0.1, -0.05) is 49.9 Å². The Balaban J connectivity index is 5.37. The highest BCUT2D eigenvalue weighted by Gasteiger charge is 2.25. The van der Waals surface area contributed by atoms with Crippen molar-refractivity contribution in [1.82, 2.24) is 21.1 Å². The van der Waals surface area contributed by atoms with Crippen molar-refractivity contribution < 1.29 is 29.0 Å². The van der Waals surface area contributed by atoms with Crippen molar-refractivity contribution >= 4 is 23.9 Å². The normalized spacial score (nSPS) is 12.9. The van der Waals surface area contributed by atoms with Gasteiger partial charge in [-0.05, 0) is 45.6 Å². The van der Waals surface area contributed by atoms with Crippen molar-refractivity contribution in [2.24, 2.45) is 5.11 Å². The molecule has 0 rings (SSSR count). The smallest absolute Gasteiger partial charge is 0.408 e. The Labute approximate surface area is 219 Å². The Morgan fingerprint density at radius 2 is 1.81 bits per heavy atom. The monoisotopic (exact) mass is 525 g/mol. The van der Waals surface area contributed by atoms with Crippen LogP contribution >= 0.6 is 0 Å². The van der Waals surface area contributed by atoms with Gasteiger partial charge in [-0.3, -0.25) is 19.8 Å². The summed E-state index contributed by atoms with van der Waals surface area (Å²) in [7, 11) is 1.40. The fourth-order valence-electron chi connectivity index (χ4n) is 3.23. The molecule has 0 bridgehead atoms. The van der Waals surface area contributed by atoms with Crippen LogP contribution in [0.3, 0.4) is 0 Å². The van der Waals surface area contributed by atoms with E-state index in [0.29, 0.717) is 0 Å². The molecule has 0 aliphatic rings. The van der Waals surface area contributed by atoms with Crippen LogP contribution in [0.4, 0.5) is 4.79 Å². The van der Waals surface area contributed by atoms with Crippen LogP contribution in [0.15, 0.2) is 17.3 Å². The summed E-state index contributed by atoms with van der Waals surface area (Å²) in [6, 6.07) is -1.79. The minimum atomic E-state index is -1.12.